The third kappa shape index (κ3) is 14.6. The van der Waals surface area contributed by atoms with Crippen LogP contribution in [0, 0.1) is 10.8 Å². The summed E-state index contributed by atoms with van der Waals surface area (Å²) in [6.45, 7) is 12.4. The molecule has 5 heteroatoms. The Bertz CT molecular complexity index is 490. The summed E-state index contributed by atoms with van der Waals surface area (Å²) in [4.78, 5) is 35.8. The number of hydrogen-bond donors (Lipinski definition) is 0. The molecular weight excluding hydrogens is 404 g/mol. The van der Waals surface area contributed by atoms with Crippen LogP contribution in [0.2, 0.25) is 0 Å². The number of carbonyl (C=O) groups excluding carboxylic acids is 3. The van der Waals surface area contributed by atoms with Crippen LogP contribution >= 0.6 is 0 Å². The molecule has 0 aromatic carbocycles. The lowest BCUT2D eigenvalue weighted by atomic mass is 9.87. The molecule has 0 aromatic rings. The third-order valence-corrected chi connectivity index (χ3v) is 6.17. The Hall–Kier alpha value is -1.39. The average Bonchev–Trinajstić information content (AvgIpc) is 2.72. The van der Waals surface area contributed by atoms with E-state index < -0.39 is 10.8 Å². The topological polar surface area (TPSA) is 69.7 Å². The standard InChI is InChI=1S/C27H50O5/c1-7-31-24(29)26(3,4)21-17-13-9-11-15-19-23(28)20-16-12-10-14-18-22-27(5,6)25(30)32-8-2/h7-22H2,1-6H3. The molecule has 5 nitrogen and oxygen atoms in total. The maximum Gasteiger partial charge on any atom is 0.311 e. The van der Waals surface area contributed by atoms with Gasteiger partial charge in [-0.25, -0.2) is 0 Å². The molecule has 0 unspecified atom stereocenters. The normalized spacial score (nSPS) is 11.9. The molecule has 0 aliphatic rings. The highest BCUT2D eigenvalue weighted by atomic mass is 16.5. The highest BCUT2D eigenvalue weighted by Crippen LogP contribution is 2.27. The minimum Gasteiger partial charge on any atom is -0.466 e. The molecule has 0 bridgehead atoms. The van der Waals surface area contributed by atoms with Crippen LogP contribution in [0.3, 0.4) is 0 Å². The zero-order valence-electron chi connectivity index (χ0n) is 21.9. The smallest absolute Gasteiger partial charge is 0.311 e. The van der Waals surface area contributed by atoms with Crippen molar-refractivity contribution in [2.45, 2.75) is 131 Å². The predicted molar refractivity (Wildman–Crippen MR) is 130 cm³/mol. The van der Waals surface area contributed by atoms with Crippen LogP contribution in [-0.2, 0) is 23.9 Å². The summed E-state index contributed by atoms with van der Waals surface area (Å²) in [5.74, 6) is 0.175. The van der Waals surface area contributed by atoms with E-state index >= 15 is 0 Å². The van der Waals surface area contributed by atoms with E-state index in [2.05, 4.69) is 0 Å². The molecule has 0 fully saturated rings. The van der Waals surface area contributed by atoms with E-state index in [0.717, 1.165) is 77.0 Å². The summed E-state index contributed by atoms with van der Waals surface area (Å²) in [7, 11) is 0. The van der Waals surface area contributed by atoms with Crippen molar-refractivity contribution in [3.63, 3.8) is 0 Å². The second-order valence-corrected chi connectivity index (χ2v) is 10.3. The van der Waals surface area contributed by atoms with Crippen LogP contribution in [0.4, 0.5) is 0 Å². The van der Waals surface area contributed by atoms with Crippen LogP contribution in [0.5, 0.6) is 0 Å². The Labute approximate surface area is 197 Å². The second kappa shape index (κ2) is 17.1. The number of Topliss-reactive ketones (excluding diaryl/α,β-unsaturated/α-hetero) is 1. The minimum atomic E-state index is -0.400. The molecule has 0 rings (SSSR count). The Morgan fingerprint density at radius 1 is 0.531 bits per heavy atom. The van der Waals surface area contributed by atoms with Gasteiger partial charge in [-0.15, -0.1) is 0 Å². The maximum absolute atomic E-state index is 12.1. The van der Waals surface area contributed by atoms with E-state index in [-0.39, 0.29) is 11.9 Å². The van der Waals surface area contributed by atoms with Gasteiger partial charge in [-0.05, 0) is 67.2 Å². The van der Waals surface area contributed by atoms with Gasteiger partial charge >= 0.3 is 11.9 Å². The first-order chi connectivity index (χ1) is 15.1. The van der Waals surface area contributed by atoms with Crippen molar-refractivity contribution in [3.8, 4) is 0 Å². The van der Waals surface area contributed by atoms with Crippen molar-refractivity contribution in [1.29, 1.82) is 0 Å². The van der Waals surface area contributed by atoms with Crippen LogP contribution in [0.25, 0.3) is 0 Å². The molecule has 0 heterocycles. The molecule has 0 aromatic heterocycles. The van der Waals surface area contributed by atoms with Crippen LogP contribution < -0.4 is 0 Å². The summed E-state index contributed by atoms with van der Waals surface area (Å²) in [6, 6.07) is 0. The van der Waals surface area contributed by atoms with E-state index in [1.165, 1.54) is 0 Å². The average molecular weight is 455 g/mol. The van der Waals surface area contributed by atoms with Crippen molar-refractivity contribution in [1.82, 2.24) is 0 Å². The molecule has 32 heavy (non-hydrogen) atoms. The highest BCUT2D eigenvalue weighted by molar-refractivity contribution is 5.78. The quantitative estimate of drug-likeness (QED) is 0.144. The molecule has 188 valence electrons. The molecular formula is C27H50O5. The summed E-state index contributed by atoms with van der Waals surface area (Å²) in [5.41, 5.74) is -0.799. The van der Waals surface area contributed by atoms with Crippen molar-refractivity contribution in [3.05, 3.63) is 0 Å². The zero-order chi connectivity index (χ0) is 24.5. The van der Waals surface area contributed by atoms with Gasteiger partial charge in [0.2, 0.25) is 0 Å². The molecule has 0 atom stereocenters. The van der Waals surface area contributed by atoms with Gasteiger partial charge in [-0.2, -0.15) is 0 Å². The van der Waals surface area contributed by atoms with Gasteiger partial charge in [-0.3, -0.25) is 14.4 Å². The number of hydrogen-bond acceptors (Lipinski definition) is 5. The lowest BCUT2D eigenvalue weighted by Crippen LogP contribution is -2.26. The number of unbranched alkanes of at least 4 members (excludes halogenated alkanes) is 8. The second-order valence-electron chi connectivity index (χ2n) is 10.3. The Morgan fingerprint density at radius 2 is 0.844 bits per heavy atom. The molecule has 0 saturated carbocycles. The molecule has 0 radical (unpaired) electrons. The zero-order valence-corrected chi connectivity index (χ0v) is 21.9. The van der Waals surface area contributed by atoms with E-state index in [4.69, 9.17) is 9.47 Å². The van der Waals surface area contributed by atoms with Crippen molar-refractivity contribution < 1.29 is 23.9 Å². The van der Waals surface area contributed by atoms with Crippen molar-refractivity contribution in [2.75, 3.05) is 13.2 Å². The molecule has 0 spiro atoms. The van der Waals surface area contributed by atoms with Crippen LogP contribution in [-0.4, -0.2) is 30.9 Å². The summed E-state index contributed by atoms with van der Waals surface area (Å²) in [5, 5.41) is 0. The monoisotopic (exact) mass is 454 g/mol. The summed E-state index contributed by atoms with van der Waals surface area (Å²) in [6.07, 6.45) is 13.7. The van der Waals surface area contributed by atoms with Gasteiger partial charge in [0.1, 0.15) is 5.78 Å². The van der Waals surface area contributed by atoms with Crippen LogP contribution in [0.1, 0.15) is 131 Å². The Balaban J connectivity index is 3.62. The van der Waals surface area contributed by atoms with Gasteiger partial charge in [0.05, 0.1) is 24.0 Å². The molecule has 0 aliphatic heterocycles. The maximum atomic E-state index is 12.1. The SMILES string of the molecule is CCOC(=O)C(C)(C)CCCCCCCC(=O)CCCCCCCC(C)(C)C(=O)OCC. The first-order valence-corrected chi connectivity index (χ1v) is 12.9. The minimum absolute atomic E-state index is 0.105. The van der Waals surface area contributed by atoms with E-state index in [0.29, 0.717) is 31.8 Å². The first kappa shape index (κ1) is 30.6. The van der Waals surface area contributed by atoms with E-state index in [1.807, 2.05) is 41.5 Å². The Kier molecular flexibility index (Phi) is 16.4. The van der Waals surface area contributed by atoms with Crippen molar-refractivity contribution >= 4 is 17.7 Å². The molecule has 0 amide bonds. The third-order valence-electron chi connectivity index (χ3n) is 6.17. The lowest BCUT2D eigenvalue weighted by Gasteiger charge is -2.21. The van der Waals surface area contributed by atoms with Gasteiger partial charge in [0.25, 0.3) is 0 Å². The summed E-state index contributed by atoms with van der Waals surface area (Å²) >= 11 is 0. The van der Waals surface area contributed by atoms with Gasteiger partial charge in [0.15, 0.2) is 0 Å². The molecule has 0 N–H and O–H groups in total. The number of rotatable bonds is 20. The van der Waals surface area contributed by atoms with Gasteiger partial charge in [0, 0.05) is 12.8 Å². The van der Waals surface area contributed by atoms with E-state index in [9.17, 15) is 14.4 Å². The fourth-order valence-electron chi connectivity index (χ4n) is 3.82. The fourth-order valence-corrected chi connectivity index (χ4v) is 3.82. The van der Waals surface area contributed by atoms with Crippen molar-refractivity contribution in [2.24, 2.45) is 10.8 Å². The fraction of sp³-hybridized carbons (Fsp3) is 0.889. The lowest BCUT2D eigenvalue weighted by molar-refractivity contribution is -0.154. The number of ether oxygens (including phenoxy) is 2. The summed E-state index contributed by atoms with van der Waals surface area (Å²) < 4.78 is 10.2. The van der Waals surface area contributed by atoms with Gasteiger partial charge < -0.3 is 9.47 Å². The first-order valence-electron chi connectivity index (χ1n) is 12.9. The van der Waals surface area contributed by atoms with Gasteiger partial charge in [-0.1, -0.05) is 51.4 Å². The van der Waals surface area contributed by atoms with E-state index in [1.54, 1.807) is 0 Å². The number of carbonyl (C=O) groups is 3. The number of esters is 2. The number of ketones is 1. The molecule has 0 saturated heterocycles. The largest absolute Gasteiger partial charge is 0.466 e. The molecule has 0 aliphatic carbocycles. The highest BCUT2D eigenvalue weighted by Gasteiger charge is 2.29. The van der Waals surface area contributed by atoms with Crippen LogP contribution in [0.15, 0.2) is 0 Å². The Morgan fingerprint density at radius 3 is 1.19 bits per heavy atom. The predicted octanol–water partition coefficient (Wildman–Crippen LogP) is 7.20.